The highest BCUT2D eigenvalue weighted by molar-refractivity contribution is 7.16. The summed E-state index contributed by atoms with van der Waals surface area (Å²) in [5, 5.41) is 0. The summed E-state index contributed by atoms with van der Waals surface area (Å²) in [6, 6.07) is 38.1. The Kier molecular flexibility index (Phi) is 5.91. The SMILES string of the molecule is C(=C\c1ccc(-c2ccc(N(c3ccccc3)c3ccccc3)cc2)s1)/c1ccncc1. The molecule has 3 aromatic carbocycles. The fourth-order valence-electron chi connectivity index (χ4n) is 3.63. The summed E-state index contributed by atoms with van der Waals surface area (Å²) in [4.78, 5) is 8.84. The van der Waals surface area contributed by atoms with Crippen LogP contribution in [0.15, 0.2) is 122 Å². The lowest BCUT2D eigenvalue weighted by atomic mass is 10.1. The van der Waals surface area contributed by atoms with E-state index >= 15 is 0 Å². The molecule has 2 heterocycles. The summed E-state index contributed by atoms with van der Waals surface area (Å²) in [6.07, 6.45) is 7.91. The second-order valence-corrected chi connectivity index (χ2v) is 8.48. The van der Waals surface area contributed by atoms with E-state index in [9.17, 15) is 0 Å². The van der Waals surface area contributed by atoms with Crippen LogP contribution in [-0.4, -0.2) is 4.98 Å². The third kappa shape index (κ3) is 4.53. The zero-order chi connectivity index (χ0) is 21.6. The average Bonchev–Trinajstić information content (AvgIpc) is 3.35. The topological polar surface area (TPSA) is 16.1 Å². The predicted molar refractivity (Wildman–Crippen MR) is 138 cm³/mol. The van der Waals surface area contributed by atoms with Crippen LogP contribution in [0.1, 0.15) is 10.4 Å². The van der Waals surface area contributed by atoms with E-state index in [0.29, 0.717) is 0 Å². The molecule has 0 aliphatic heterocycles. The third-order valence-corrected chi connectivity index (χ3v) is 6.31. The summed E-state index contributed by atoms with van der Waals surface area (Å²) < 4.78 is 0. The molecule has 5 rings (SSSR count). The van der Waals surface area contributed by atoms with Gasteiger partial charge in [-0.15, -0.1) is 11.3 Å². The molecule has 3 heteroatoms. The second-order valence-electron chi connectivity index (χ2n) is 7.37. The Morgan fingerprint density at radius 2 is 1.16 bits per heavy atom. The number of aromatic nitrogens is 1. The van der Waals surface area contributed by atoms with Crippen molar-refractivity contribution in [1.82, 2.24) is 4.98 Å². The molecule has 0 saturated heterocycles. The third-order valence-electron chi connectivity index (χ3n) is 5.21. The fraction of sp³-hybridized carbons (Fsp3) is 0. The lowest BCUT2D eigenvalue weighted by Gasteiger charge is -2.25. The minimum Gasteiger partial charge on any atom is -0.311 e. The number of hydrogen-bond donors (Lipinski definition) is 0. The predicted octanol–water partition coefficient (Wildman–Crippen LogP) is 8.45. The molecular formula is C29H22N2S. The Balaban J connectivity index is 1.41. The minimum absolute atomic E-state index is 1.14. The molecular weight excluding hydrogens is 408 g/mol. The van der Waals surface area contributed by atoms with Gasteiger partial charge in [0.15, 0.2) is 0 Å². The zero-order valence-corrected chi connectivity index (χ0v) is 18.3. The molecule has 0 spiro atoms. The lowest BCUT2D eigenvalue weighted by Crippen LogP contribution is -2.09. The standard InChI is InChI=1S/C29H22N2S/c1-3-7-25(8-4-1)31(26-9-5-2-6-10-26)27-14-12-24(13-15-27)29-18-17-28(32-29)16-11-23-19-21-30-22-20-23/h1-22H/b16-11+. The normalized spacial score (nSPS) is 11.0. The van der Waals surface area contributed by atoms with Gasteiger partial charge in [-0.05, 0) is 77.9 Å². The number of thiophene rings is 1. The van der Waals surface area contributed by atoms with Gasteiger partial charge in [-0.3, -0.25) is 4.98 Å². The zero-order valence-electron chi connectivity index (χ0n) is 17.5. The molecule has 0 radical (unpaired) electrons. The van der Waals surface area contributed by atoms with Gasteiger partial charge in [-0.2, -0.15) is 0 Å². The molecule has 5 aromatic rings. The minimum atomic E-state index is 1.14. The van der Waals surface area contributed by atoms with Crippen LogP contribution >= 0.6 is 11.3 Å². The molecule has 0 aliphatic carbocycles. The van der Waals surface area contributed by atoms with Crippen molar-refractivity contribution in [3.63, 3.8) is 0 Å². The van der Waals surface area contributed by atoms with E-state index in [1.54, 1.807) is 11.3 Å². The number of anilines is 3. The van der Waals surface area contributed by atoms with Crippen LogP contribution in [0.3, 0.4) is 0 Å². The van der Waals surface area contributed by atoms with Gasteiger partial charge in [-0.1, -0.05) is 54.6 Å². The van der Waals surface area contributed by atoms with Crippen molar-refractivity contribution < 1.29 is 0 Å². The first-order chi connectivity index (χ1) is 15.9. The van der Waals surface area contributed by atoms with Crippen LogP contribution in [0.4, 0.5) is 17.1 Å². The second kappa shape index (κ2) is 9.46. The first-order valence-electron chi connectivity index (χ1n) is 10.6. The summed E-state index contributed by atoms with van der Waals surface area (Å²) in [7, 11) is 0. The van der Waals surface area contributed by atoms with Crippen LogP contribution in [0, 0.1) is 0 Å². The highest BCUT2D eigenvalue weighted by atomic mass is 32.1. The van der Waals surface area contributed by atoms with Gasteiger partial charge < -0.3 is 4.90 Å². The van der Waals surface area contributed by atoms with Crippen molar-refractivity contribution in [2.45, 2.75) is 0 Å². The van der Waals surface area contributed by atoms with Crippen molar-refractivity contribution >= 4 is 40.6 Å². The number of pyridine rings is 1. The number of nitrogens with zero attached hydrogens (tertiary/aromatic N) is 2. The fourth-order valence-corrected chi connectivity index (χ4v) is 4.54. The molecule has 0 aliphatic rings. The monoisotopic (exact) mass is 430 g/mol. The molecule has 32 heavy (non-hydrogen) atoms. The van der Waals surface area contributed by atoms with Crippen molar-refractivity contribution in [3.8, 4) is 10.4 Å². The molecule has 0 bridgehead atoms. The average molecular weight is 431 g/mol. The molecule has 0 fully saturated rings. The molecule has 0 unspecified atom stereocenters. The summed E-state index contributed by atoms with van der Waals surface area (Å²) in [6.45, 7) is 0. The van der Waals surface area contributed by atoms with Crippen LogP contribution in [0.25, 0.3) is 22.6 Å². The summed E-state index contributed by atoms with van der Waals surface area (Å²) in [5.74, 6) is 0. The maximum atomic E-state index is 4.07. The smallest absolute Gasteiger partial charge is 0.0462 e. The van der Waals surface area contributed by atoms with Crippen molar-refractivity contribution in [1.29, 1.82) is 0 Å². The molecule has 2 aromatic heterocycles. The Morgan fingerprint density at radius 1 is 0.562 bits per heavy atom. The van der Waals surface area contributed by atoms with Crippen molar-refractivity contribution in [3.05, 3.63) is 132 Å². The van der Waals surface area contributed by atoms with E-state index in [1.807, 2.05) is 36.7 Å². The van der Waals surface area contributed by atoms with E-state index < -0.39 is 0 Å². The Morgan fingerprint density at radius 3 is 1.78 bits per heavy atom. The number of para-hydroxylation sites is 2. The largest absolute Gasteiger partial charge is 0.311 e. The molecule has 0 amide bonds. The van der Waals surface area contributed by atoms with Gasteiger partial charge in [-0.25, -0.2) is 0 Å². The van der Waals surface area contributed by atoms with Gasteiger partial charge in [0.05, 0.1) is 0 Å². The van der Waals surface area contributed by atoms with E-state index in [1.165, 1.54) is 15.3 Å². The van der Waals surface area contributed by atoms with Gasteiger partial charge in [0.25, 0.3) is 0 Å². The Bertz CT molecular complexity index is 1250. The Hall–Kier alpha value is -3.95. The van der Waals surface area contributed by atoms with Crippen molar-refractivity contribution in [2.24, 2.45) is 0 Å². The number of rotatable bonds is 6. The van der Waals surface area contributed by atoms with Crippen LogP contribution < -0.4 is 4.90 Å². The van der Waals surface area contributed by atoms with Crippen molar-refractivity contribution in [2.75, 3.05) is 4.90 Å². The molecule has 0 N–H and O–H groups in total. The number of hydrogen-bond acceptors (Lipinski definition) is 3. The van der Waals surface area contributed by atoms with E-state index in [0.717, 1.165) is 22.6 Å². The van der Waals surface area contributed by atoms with Gasteiger partial charge in [0.1, 0.15) is 0 Å². The molecule has 0 saturated carbocycles. The maximum absolute atomic E-state index is 4.07. The quantitative estimate of drug-likeness (QED) is 0.269. The van der Waals surface area contributed by atoms with Crippen LogP contribution in [-0.2, 0) is 0 Å². The number of benzene rings is 3. The maximum Gasteiger partial charge on any atom is 0.0462 e. The van der Waals surface area contributed by atoms with Gasteiger partial charge in [0, 0.05) is 39.2 Å². The summed E-state index contributed by atoms with van der Waals surface area (Å²) >= 11 is 1.80. The first-order valence-corrected chi connectivity index (χ1v) is 11.4. The molecule has 2 nitrogen and oxygen atoms in total. The highest BCUT2D eigenvalue weighted by Gasteiger charge is 2.12. The van der Waals surface area contributed by atoms with Gasteiger partial charge >= 0.3 is 0 Å². The van der Waals surface area contributed by atoms with Crippen LogP contribution in [0.5, 0.6) is 0 Å². The highest BCUT2D eigenvalue weighted by Crippen LogP contribution is 2.36. The van der Waals surface area contributed by atoms with E-state index in [4.69, 9.17) is 0 Å². The van der Waals surface area contributed by atoms with E-state index in [2.05, 4.69) is 107 Å². The summed E-state index contributed by atoms with van der Waals surface area (Å²) in [5.41, 5.74) is 5.81. The van der Waals surface area contributed by atoms with Gasteiger partial charge in [0.2, 0.25) is 0 Å². The Labute approximate surface area is 192 Å². The first kappa shape index (κ1) is 20.0. The van der Waals surface area contributed by atoms with Crippen LogP contribution in [0.2, 0.25) is 0 Å². The van der Waals surface area contributed by atoms with E-state index in [-0.39, 0.29) is 0 Å². The lowest BCUT2D eigenvalue weighted by molar-refractivity contribution is 1.28. The molecule has 0 atom stereocenters. The molecule has 154 valence electrons.